The molecule has 6 nitrogen and oxygen atoms in total. The van der Waals surface area contributed by atoms with Crippen LogP contribution in [0.3, 0.4) is 0 Å². The molecule has 138 valence electrons. The Morgan fingerprint density at radius 1 is 1.15 bits per heavy atom. The number of aromatic nitrogens is 2. The van der Waals surface area contributed by atoms with Gasteiger partial charge < -0.3 is 14.2 Å². The fourth-order valence-electron chi connectivity index (χ4n) is 3.95. The van der Waals surface area contributed by atoms with E-state index in [-0.39, 0.29) is 5.91 Å². The molecular formula is C20H26N4O2. The maximum absolute atomic E-state index is 12.7. The van der Waals surface area contributed by atoms with Crippen LogP contribution in [0.5, 0.6) is 0 Å². The number of fused-ring (bicyclic) bond motifs is 1. The maximum Gasteiger partial charge on any atom is 0.223 e. The summed E-state index contributed by atoms with van der Waals surface area (Å²) in [5.41, 5.74) is 2.58. The first-order valence-corrected chi connectivity index (χ1v) is 9.39. The molecule has 2 aromatic heterocycles. The molecule has 2 aliphatic heterocycles. The summed E-state index contributed by atoms with van der Waals surface area (Å²) in [6.07, 6.45) is 6.42. The number of hydrogen-bond acceptors (Lipinski definition) is 4. The fourth-order valence-corrected chi connectivity index (χ4v) is 3.95. The van der Waals surface area contributed by atoms with Gasteiger partial charge in [0.15, 0.2) is 0 Å². The molecule has 6 heteroatoms. The number of carbonyl (C=O) groups is 1. The Kier molecular flexibility index (Phi) is 5.32. The van der Waals surface area contributed by atoms with Gasteiger partial charge in [-0.3, -0.25) is 14.7 Å². The first-order chi connectivity index (χ1) is 12.8. The largest absolute Gasteiger partial charge is 0.378 e. The van der Waals surface area contributed by atoms with E-state index >= 15 is 0 Å². The fraction of sp³-hybridized carbons (Fsp3) is 0.500. The molecule has 0 N–H and O–H groups in total. The lowest BCUT2D eigenvalue weighted by atomic mass is 10.0. The van der Waals surface area contributed by atoms with Crippen LogP contribution in [-0.2, 0) is 29.2 Å². The Hall–Kier alpha value is -2.18. The third-order valence-electron chi connectivity index (χ3n) is 5.26. The molecule has 26 heavy (non-hydrogen) atoms. The summed E-state index contributed by atoms with van der Waals surface area (Å²) in [4.78, 5) is 21.2. The van der Waals surface area contributed by atoms with Crippen LogP contribution in [0.2, 0.25) is 0 Å². The Bertz CT molecular complexity index is 724. The summed E-state index contributed by atoms with van der Waals surface area (Å²) in [7, 11) is 0. The first kappa shape index (κ1) is 17.2. The van der Waals surface area contributed by atoms with Gasteiger partial charge in [0, 0.05) is 70.0 Å². The molecule has 1 atom stereocenters. The predicted octanol–water partition coefficient (Wildman–Crippen LogP) is 1.76. The van der Waals surface area contributed by atoms with Gasteiger partial charge in [-0.2, -0.15) is 0 Å². The molecule has 2 aliphatic rings. The van der Waals surface area contributed by atoms with Gasteiger partial charge in [0.2, 0.25) is 5.91 Å². The molecule has 1 amide bonds. The van der Waals surface area contributed by atoms with Gasteiger partial charge in [-0.05, 0) is 35.7 Å². The number of morpholine rings is 1. The van der Waals surface area contributed by atoms with Crippen LogP contribution in [0, 0.1) is 5.92 Å². The summed E-state index contributed by atoms with van der Waals surface area (Å²) in [6.45, 7) is 6.40. The Balaban J connectivity index is 1.46. The predicted molar refractivity (Wildman–Crippen MR) is 98.3 cm³/mol. The van der Waals surface area contributed by atoms with Gasteiger partial charge in [-0.1, -0.05) is 0 Å². The van der Waals surface area contributed by atoms with Gasteiger partial charge >= 0.3 is 0 Å². The average molecular weight is 354 g/mol. The summed E-state index contributed by atoms with van der Waals surface area (Å²) in [6, 6.07) is 8.42. The number of amides is 1. The standard InChI is InChI=1S/C20H26N4O2/c25-20(23-8-10-26-11-9-23)12-18-14-22(13-17-3-5-21-6-4-17)16-19-2-1-7-24(19)15-18/h1-7,18H,8-16H2/t18-/m0/s1. The zero-order valence-corrected chi connectivity index (χ0v) is 15.1. The Morgan fingerprint density at radius 3 is 2.77 bits per heavy atom. The normalized spacial score (nSPS) is 21.2. The topological polar surface area (TPSA) is 50.6 Å². The highest BCUT2D eigenvalue weighted by Gasteiger charge is 2.26. The van der Waals surface area contributed by atoms with Crippen molar-refractivity contribution >= 4 is 5.91 Å². The Morgan fingerprint density at radius 2 is 1.96 bits per heavy atom. The molecule has 1 fully saturated rings. The molecule has 0 unspecified atom stereocenters. The smallest absolute Gasteiger partial charge is 0.223 e. The van der Waals surface area contributed by atoms with Gasteiger partial charge in [-0.25, -0.2) is 0 Å². The lowest BCUT2D eigenvalue weighted by Gasteiger charge is -2.29. The van der Waals surface area contributed by atoms with E-state index < -0.39 is 0 Å². The minimum absolute atomic E-state index is 0.262. The van der Waals surface area contributed by atoms with Crippen LogP contribution in [0.25, 0.3) is 0 Å². The molecule has 4 rings (SSSR count). The number of hydrogen-bond donors (Lipinski definition) is 0. The third-order valence-corrected chi connectivity index (χ3v) is 5.26. The van der Waals surface area contributed by atoms with Gasteiger partial charge in [0.05, 0.1) is 13.2 Å². The average Bonchev–Trinajstić information content (AvgIpc) is 3.03. The second kappa shape index (κ2) is 8.01. The van der Waals surface area contributed by atoms with E-state index in [1.54, 1.807) is 0 Å². The number of rotatable bonds is 4. The molecule has 0 aromatic carbocycles. The second-order valence-electron chi connectivity index (χ2n) is 7.24. The molecule has 2 aromatic rings. The molecule has 0 spiro atoms. The van der Waals surface area contributed by atoms with Crippen molar-refractivity contribution in [2.75, 3.05) is 32.8 Å². The zero-order chi connectivity index (χ0) is 17.8. The van der Waals surface area contributed by atoms with E-state index in [0.717, 1.165) is 39.3 Å². The van der Waals surface area contributed by atoms with Gasteiger partial charge in [0.1, 0.15) is 0 Å². The molecule has 4 heterocycles. The van der Waals surface area contributed by atoms with Crippen molar-refractivity contribution < 1.29 is 9.53 Å². The Labute approximate surface area is 154 Å². The van der Waals surface area contributed by atoms with Crippen LogP contribution in [-0.4, -0.2) is 58.1 Å². The third kappa shape index (κ3) is 4.14. The zero-order valence-electron chi connectivity index (χ0n) is 15.1. The number of nitrogens with zero attached hydrogens (tertiary/aromatic N) is 4. The highest BCUT2D eigenvalue weighted by molar-refractivity contribution is 5.76. The van der Waals surface area contributed by atoms with E-state index in [1.807, 2.05) is 17.3 Å². The van der Waals surface area contributed by atoms with Crippen molar-refractivity contribution in [3.63, 3.8) is 0 Å². The lowest BCUT2D eigenvalue weighted by molar-refractivity contribution is -0.136. The van der Waals surface area contributed by atoms with Crippen molar-refractivity contribution in [2.24, 2.45) is 5.92 Å². The van der Waals surface area contributed by atoms with Crippen LogP contribution < -0.4 is 0 Å². The van der Waals surface area contributed by atoms with Crippen LogP contribution in [0.15, 0.2) is 42.9 Å². The minimum atomic E-state index is 0.262. The summed E-state index contributed by atoms with van der Waals surface area (Å²) in [5.74, 6) is 0.582. The van der Waals surface area contributed by atoms with E-state index in [4.69, 9.17) is 4.74 Å². The van der Waals surface area contributed by atoms with Crippen molar-refractivity contribution in [3.8, 4) is 0 Å². The molecule has 0 radical (unpaired) electrons. The minimum Gasteiger partial charge on any atom is -0.378 e. The molecule has 0 saturated carbocycles. The van der Waals surface area contributed by atoms with Crippen molar-refractivity contribution in [3.05, 3.63) is 54.1 Å². The maximum atomic E-state index is 12.7. The van der Waals surface area contributed by atoms with Gasteiger partial charge in [0.25, 0.3) is 0 Å². The summed E-state index contributed by atoms with van der Waals surface area (Å²) < 4.78 is 7.68. The summed E-state index contributed by atoms with van der Waals surface area (Å²) in [5, 5.41) is 0. The van der Waals surface area contributed by atoms with Crippen LogP contribution >= 0.6 is 0 Å². The van der Waals surface area contributed by atoms with Crippen LogP contribution in [0.4, 0.5) is 0 Å². The highest BCUT2D eigenvalue weighted by Crippen LogP contribution is 2.22. The molecule has 0 bridgehead atoms. The van der Waals surface area contributed by atoms with Crippen molar-refractivity contribution in [2.45, 2.75) is 26.1 Å². The van der Waals surface area contributed by atoms with E-state index in [9.17, 15) is 4.79 Å². The SMILES string of the molecule is O=C(C[C@H]1CN(Cc2ccncc2)Cc2cccn2C1)N1CCOCC1. The number of ether oxygens (including phenoxy) is 1. The number of pyridine rings is 1. The molecular weight excluding hydrogens is 328 g/mol. The molecule has 0 aliphatic carbocycles. The quantitative estimate of drug-likeness (QED) is 0.840. The second-order valence-corrected chi connectivity index (χ2v) is 7.24. The first-order valence-electron chi connectivity index (χ1n) is 9.39. The molecule has 1 saturated heterocycles. The van der Waals surface area contributed by atoms with E-state index in [0.29, 0.717) is 25.6 Å². The van der Waals surface area contributed by atoms with Gasteiger partial charge in [-0.15, -0.1) is 0 Å². The monoisotopic (exact) mass is 354 g/mol. The van der Waals surface area contributed by atoms with E-state index in [2.05, 4.69) is 44.9 Å². The summed E-state index contributed by atoms with van der Waals surface area (Å²) >= 11 is 0. The highest BCUT2D eigenvalue weighted by atomic mass is 16.5. The lowest BCUT2D eigenvalue weighted by Crippen LogP contribution is -2.42. The van der Waals surface area contributed by atoms with Crippen molar-refractivity contribution in [1.29, 1.82) is 0 Å². The number of carbonyl (C=O) groups excluding carboxylic acids is 1. The van der Waals surface area contributed by atoms with Crippen LogP contribution in [0.1, 0.15) is 17.7 Å². The van der Waals surface area contributed by atoms with E-state index in [1.165, 1.54) is 11.3 Å². The van der Waals surface area contributed by atoms with Crippen molar-refractivity contribution in [1.82, 2.24) is 19.4 Å².